The molecule has 2 rings (SSSR count). The summed E-state index contributed by atoms with van der Waals surface area (Å²) < 4.78 is 18.2. The van der Waals surface area contributed by atoms with Crippen molar-refractivity contribution in [2.75, 3.05) is 33.9 Å². The Morgan fingerprint density at radius 3 is 2.76 bits per heavy atom. The molecule has 0 aliphatic rings. The van der Waals surface area contributed by atoms with Gasteiger partial charge in [0.2, 0.25) is 0 Å². The summed E-state index contributed by atoms with van der Waals surface area (Å²) in [5, 5.41) is 7.69. The number of nitrogens with one attached hydrogen (secondary N) is 3. The van der Waals surface area contributed by atoms with Crippen LogP contribution < -0.4 is 10.6 Å². The average molecular weight is 462 g/mol. The van der Waals surface area contributed by atoms with Crippen molar-refractivity contribution in [2.45, 2.75) is 25.7 Å². The number of hydrogen-bond acceptors (Lipinski definition) is 2. The highest BCUT2D eigenvalue weighted by atomic mass is 127. The number of hydrogen-bond donors (Lipinski definition) is 3. The van der Waals surface area contributed by atoms with Crippen molar-refractivity contribution in [1.29, 1.82) is 0 Å². The van der Waals surface area contributed by atoms with Gasteiger partial charge in [-0.25, -0.2) is 4.39 Å². The third-order valence-electron chi connectivity index (χ3n) is 3.96. The number of nitrogens with zero attached hydrogens (tertiary/aromatic N) is 1. The standard InChI is InChI=1S/C18H27FN4O.HI/c1-20-18(21-9-4-3-5-11-24-2)22-10-8-14-13-23-17-12-15(19)6-7-16(14)17;/h6-7,12-13,23H,3-5,8-11H2,1-2H3,(H2,20,21,22);1H. The van der Waals surface area contributed by atoms with Crippen LogP contribution in [0.2, 0.25) is 0 Å². The second-order valence-electron chi connectivity index (χ2n) is 5.73. The molecule has 3 N–H and O–H groups in total. The molecule has 0 aliphatic heterocycles. The molecule has 0 saturated carbocycles. The maximum atomic E-state index is 13.2. The van der Waals surface area contributed by atoms with Crippen molar-refractivity contribution in [2.24, 2.45) is 4.99 Å². The third kappa shape index (κ3) is 7.19. The van der Waals surface area contributed by atoms with Crippen LogP contribution >= 0.6 is 24.0 Å². The van der Waals surface area contributed by atoms with Gasteiger partial charge in [0.05, 0.1) is 0 Å². The van der Waals surface area contributed by atoms with E-state index in [0.29, 0.717) is 0 Å². The first-order valence-electron chi connectivity index (χ1n) is 8.43. The summed E-state index contributed by atoms with van der Waals surface area (Å²) in [4.78, 5) is 7.34. The highest BCUT2D eigenvalue weighted by Crippen LogP contribution is 2.19. The summed E-state index contributed by atoms with van der Waals surface area (Å²) in [6, 6.07) is 4.84. The number of H-pyrrole nitrogens is 1. The minimum absolute atomic E-state index is 0. The Morgan fingerprint density at radius 1 is 1.20 bits per heavy atom. The number of unbranched alkanes of at least 4 members (excludes halogenated alkanes) is 2. The largest absolute Gasteiger partial charge is 0.385 e. The van der Waals surface area contributed by atoms with E-state index >= 15 is 0 Å². The molecule has 0 bridgehead atoms. The molecule has 0 fully saturated rings. The maximum Gasteiger partial charge on any atom is 0.190 e. The van der Waals surface area contributed by atoms with Gasteiger partial charge in [-0.15, -0.1) is 24.0 Å². The van der Waals surface area contributed by atoms with E-state index in [0.717, 1.165) is 62.2 Å². The number of rotatable bonds is 9. The van der Waals surface area contributed by atoms with E-state index in [2.05, 4.69) is 20.6 Å². The zero-order valence-corrected chi connectivity index (χ0v) is 17.2. The molecular weight excluding hydrogens is 434 g/mol. The molecule has 0 atom stereocenters. The SMILES string of the molecule is CN=C(NCCCCCOC)NCCc1c[nH]c2cc(F)ccc12.I. The molecule has 25 heavy (non-hydrogen) atoms. The van der Waals surface area contributed by atoms with E-state index in [4.69, 9.17) is 4.74 Å². The molecule has 0 unspecified atom stereocenters. The van der Waals surface area contributed by atoms with Crippen molar-refractivity contribution >= 4 is 40.8 Å². The Bertz CT molecular complexity index is 660. The molecule has 1 aromatic carbocycles. The van der Waals surface area contributed by atoms with Gasteiger partial charge in [-0.3, -0.25) is 4.99 Å². The lowest BCUT2D eigenvalue weighted by Gasteiger charge is -2.11. The van der Waals surface area contributed by atoms with Gasteiger partial charge in [0, 0.05) is 51.0 Å². The highest BCUT2D eigenvalue weighted by molar-refractivity contribution is 14.0. The van der Waals surface area contributed by atoms with Crippen LogP contribution in [0.15, 0.2) is 29.4 Å². The summed E-state index contributed by atoms with van der Waals surface area (Å²) >= 11 is 0. The molecule has 0 aliphatic carbocycles. The fraction of sp³-hybridized carbons (Fsp3) is 0.500. The van der Waals surface area contributed by atoms with Gasteiger partial charge in [0.15, 0.2) is 5.96 Å². The van der Waals surface area contributed by atoms with Crippen LogP contribution in [0.25, 0.3) is 10.9 Å². The predicted octanol–water partition coefficient (Wildman–Crippen LogP) is 3.45. The van der Waals surface area contributed by atoms with Crippen LogP contribution in [0, 0.1) is 5.82 Å². The number of ether oxygens (including phenoxy) is 1. The summed E-state index contributed by atoms with van der Waals surface area (Å²) in [5.74, 6) is 0.594. The zero-order chi connectivity index (χ0) is 17.2. The van der Waals surface area contributed by atoms with Gasteiger partial charge < -0.3 is 20.4 Å². The minimum atomic E-state index is -0.218. The number of aromatic amines is 1. The lowest BCUT2D eigenvalue weighted by Crippen LogP contribution is -2.38. The number of halogens is 2. The molecule has 1 aromatic heterocycles. The number of guanidine groups is 1. The smallest absolute Gasteiger partial charge is 0.190 e. The Hall–Kier alpha value is -1.35. The van der Waals surface area contributed by atoms with Crippen LogP contribution in [0.1, 0.15) is 24.8 Å². The number of aromatic nitrogens is 1. The maximum absolute atomic E-state index is 13.2. The molecule has 140 valence electrons. The van der Waals surface area contributed by atoms with Crippen LogP contribution in [-0.4, -0.2) is 44.8 Å². The number of methoxy groups -OCH3 is 1. The third-order valence-corrected chi connectivity index (χ3v) is 3.96. The molecule has 5 nitrogen and oxygen atoms in total. The Morgan fingerprint density at radius 2 is 2.00 bits per heavy atom. The summed E-state index contributed by atoms with van der Waals surface area (Å²) in [6.07, 6.45) is 6.12. The topological polar surface area (TPSA) is 61.4 Å². The first kappa shape index (κ1) is 21.7. The fourth-order valence-electron chi connectivity index (χ4n) is 2.66. The lowest BCUT2D eigenvalue weighted by atomic mass is 10.1. The highest BCUT2D eigenvalue weighted by Gasteiger charge is 2.05. The van der Waals surface area contributed by atoms with E-state index in [-0.39, 0.29) is 29.8 Å². The van der Waals surface area contributed by atoms with E-state index < -0.39 is 0 Å². The number of benzene rings is 1. The Kier molecular flexibility index (Phi) is 10.5. The van der Waals surface area contributed by atoms with Crippen LogP contribution in [0.3, 0.4) is 0 Å². The second kappa shape index (κ2) is 12.1. The predicted molar refractivity (Wildman–Crippen MR) is 112 cm³/mol. The molecule has 0 radical (unpaired) electrons. The quantitative estimate of drug-likeness (QED) is 0.232. The van der Waals surface area contributed by atoms with Crippen LogP contribution in [0.5, 0.6) is 0 Å². The monoisotopic (exact) mass is 462 g/mol. The summed E-state index contributed by atoms with van der Waals surface area (Å²) in [7, 11) is 3.50. The molecule has 0 saturated heterocycles. The lowest BCUT2D eigenvalue weighted by molar-refractivity contribution is 0.192. The van der Waals surface area contributed by atoms with Crippen molar-refractivity contribution in [1.82, 2.24) is 15.6 Å². The summed E-state index contributed by atoms with van der Waals surface area (Å²) in [5.41, 5.74) is 2.01. The van der Waals surface area contributed by atoms with E-state index in [9.17, 15) is 4.39 Å². The average Bonchev–Trinajstić information content (AvgIpc) is 2.98. The summed E-state index contributed by atoms with van der Waals surface area (Å²) in [6.45, 7) is 2.49. The van der Waals surface area contributed by atoms with Crippen molar-refractivity contribution in [3.05, 3.63) is 35.8 Å². The van der Waals surface area contributed by atoms with Crippen molar-refractivity contribution in [3.63, 3.8) is 0 Å². The molecule has 0 spiro atoms. The van der Waals surface area contributed by atoms with Crippen LogP contribution in [-0.2, 0) is 11.2 Å². The van der Waals surface area contributed by atoms with Gasteiger partial charge >= 0.3 is 0 Å². The molecule has 2 aromatic rings. The second-order valence-corrected chi connectivity index (χ2v) is 5.73. The normalized spacial score (nSPS) is 11.4. The fourth-order valence-corrected chi connectivity index (χ4v) is 2.66. The van der Waals surface area contributed by atoms with Crippen molar-refractivity contribution in [3.8, 4) is 0 Å². The van der Waals surface area contributed by atoms with Gasteiger partial charge in [0.1, 0.15) is 5.82 Å². The van der Waals surface area contributed by atoms with E-state index in [1.165, 1.54) is 17.7 Å². The van der Waals surface area contributed by atoms with Crippen molar-refractivity contribution < 1.29 is 9.13 Å². The molecule has 0 amide bonds. The van der Waals surface area contributed by atoms with Gasteiger partial charge in [-0.2, -0.15) is 0 Å². The minimum Gasteiger partial charge on any atom is -0.385 e. The number of fused-ring (bicyclic) bond motifs is 1. The molecule has 1 heterocycles. The Labute approximate surface area is 165 Å². The first-order chi connectivity index (χ1) is 11.7. The van der Waals surface area contributed by atoms with E-state index in [1.807, 2.05) is 12.3 Å². The number of aliphatic imine (C=N–C) groups is 1. The van der Waals surface area contributed by atoms with Gasteiger partial charge in [0.25, 0.3) is 0 Å². The molecule has 7 heteroatoms. The van der Waals surface area contributed by atoms with Crippen LogP contribution in [0.4, 0.5) is 4.39 Å². The first-order valence-corrected chi connectivity index (χ1v) is 8.43. The van der Waals surface area contributed by atoms with Gasteiger partial charge in [-0.05, 0) is 49.4 Å². The molecular formula is C18H28FIN4O. The van der Waals surface area contributed by atoms with Gasteiger partial charge in [-0.1, -0.05) is 0 Å². The zero-order valence-electron chi connectivity index (χ0n) is 14.9. The Balaban J connectivity index is 0.00000312. The van der Waals surface area contributed by atoms with E-state index in [1.54, 1.807) is 14.2 Å².